The second kappa shape index (κ2) is 11.5. The number of benzene rings is 4. The quantitative estimate of drug-likeness (QED) is 0.334. The van der Waals surface area contributed by atoms with Gasteiger partial charge in [-0.25, -0.2) is 0 Å². The Bertz CT molecular complexity index is 1200. The minimum absolute atomic E-state index is 0.107. The molecule has 0 aliphatic heterocycles. The molecule has 1 N–H and O–H groups in total. The molecular weight excluding hydrogens is 426 g/mol. The lowest BCUT2D eigenvalue weighted by Gasteiger charge is -2.09. The number of esters is 1. The Labute approximate surface area is 199 Å². The highest BCUT2D eigenvalue weighted by molar-refractivity contribution is 5.92. The third-order valence-electron chi connectivity index (χ3n) is 5.16. The number of amides is 1. The maximum Gasteiger partial charge on any atom is 0.310 e. The fourth-order valence-electron chi connectivity index (χ4n) is 3.38. The van der Waals surface area contributed by atoms with Crippen LogP contribution in [0.1, 0.15) is 11.1 Å². The van der Waals surface area contributed by atoms with Gasteiger partial charge in [0.25, 0.3) is 5.91 Å². The fraction of sp³-hybridized carbons (Fsp3) is 0.103. The topological polar surface area (TPSA) is 64.6 Å². The summed E-state index contributed by atoms with van der Waals surface area (Å²) in [4.78, 5) is 24.3. The Morgan fingerprint density at radius 3 is 1.94 bits per heavy atom. The second-order valence-corrected chi connectivity index (χ2v) is 7.75. The summed E-state index contributed by atoms with van der Waals surface area (Å²) in [6.45, 7) is 0.130. The van der Waals surface area contributed by atoms with E-state index in [0.29, 0.717) is 18.0 Å². The number of hydrogen-bond donors (Lipinski definition) is 1. The number of rotatable bonds is 9. The third-order valence-corrected chi connectivity index (χ3v) is 5.16. The third kappa shape index (κ3) is 6.81. The highest BCUT2D eigenvalue weighted by atomic mass is 16.5. The maximum absolute atomic E-state index is 12.1. The van der Waals surface area contributed by atoms with Crippen LogP contribution >= 0.6 is 0 Å². The van der Waals surface area contributed by atoms with E-state index in [1.54, 1.807) is 24.3 Å². The molecular formula is C29H25NO4. The van der Waals surface area contributed by atoms with Crippen molar-refractivity contribution in [3.8, 4) is 16.9 Å². The number of ether oxygens (including phenoxy) is 2. The predicted molar refractivity (Wildman–Crippen MR) is 132 cm³/mol. The molecule has 0 radical (unpaired) electrons. The smallest absolute Gasteiger partial charge is 0.310 e. The first kappa shape index (κ1) is 22.8. The van der Waals surface area contributed by atoms with Gasteiger partial charge in [0, 0.05) is 5.69 Å². The van der Waals surface area contributed by atoms with Gasteiger partial charge in [-0.3, -0.25) is 9.59 Å². The van der Waals surface area contributed by atoms with Crippen LogP contribution < -0.4 is 10.1 Å². The normalized spacial score (nSPS) is 10.4. The molecule has 0 saturated heterocycles. The fourth-order valence-corrected chi connectivity index (χ4v) is 3.38. The van der Waals surface area contributed by atoms with Crippen LogP contribution in [0, 0.1) is 0 Å². The van der Waals surface area contributed by atoms with Crippen LogP contribution in [0.5, 0.6) is 5.75 Å². The highest BCUT2D eigenvalue weighted by Crippen LogP contribution is 2.20. The summed E-state index contributed by atoms with van der Waals surface area (Å²) in [7, 11) is 0. The monoisotopic (exact) mass is 451 g/mol. The van der Waals surface area contributed by atoms with Gasteiger partial charge < -0.3 is 14.8 Å². The standard InChI is InChI=1S/C29H25NO4/c31-28(30-26-15-17-27(18-16-26)33-20-23-7-3-1-4-8-23)21-34-29(32)19-22-11-13-25(14-12-22)24-9-5-2-6-10-24/h1-18H,19-21H2,(H,30,31). The lowest BCUT2D eigenvalue weighted by Crippen LogP contribution is -2.21. The van der Waals surface area contributed by atoms with Gasteiger partial charge >= 0.3 is 5.97 Å². The van der Waals surface area contributed by atoms with Crippen molar-refractivity contribution in [2.45, 2.75) is 13.0 Å². The molecule has 0 bridgehead atoms. The zero-order valence-corrected chi connectivity index (χ0v) is 18.6. The highest BCUT2D eigenvalue weighted by Gasteiger charge is 2.10. The van der Waals surface area contributed by atoms with Crippen molar-refractivity contribution in [2.75, 3.05) is 11.9 Å². The van der Waals surface area contributed by atoms with Crippen molar-refractivity contribution >= 4 is 17.6 Å². The molecule has 4 aromatic rings. The Kier molecular flexibility index (Phi) is 7.70. The van der Waals surface area contributed by atoms with Gasteiger partial charge in [-0.15, -0.1) is 0 Å². The van der Waals surface area contributed by atoms with Crippen LogP contribution in [0.4, 0.5) is 5.69 Å². The number of nitrogens with one attached hydrogen (secondary N) is 1. The van der Waals surface area contributed by atoms with E-state index in [0.717, 1.165) is 22.3 Å². The summed E-state index contributed by atoms with van der Waals surface area (Å²) < 4.78 is 10.9. The lowest BCUT2D eigenvalue weighted by atomic mass is 10.0. The molecule has 34 heavy (non-hydrogen) atoms. The van der Waals surface area contributed by atoms with E-state index in [1.807, 2.05) is 84.9 Å². The predicted octanol–water partition coefficient (Wildman–Crippen LogP) is 5.66. The van der Waals surface area contributed by atoms with Gasteiger partial charge in [-0.1, -0.05) is 84.9 Å². The molecule has 0 aliphatic carbocycles. The first-order valence-corrected chi connectivity index (χ1v) is 11.0. The van der Waals surface area contributed by atoms with Crippen molar-refractivity contribution in [2.24, 2.45) is 0 Å². The number of carbonyl (C=O) groups is 2. The van der Waals surface area contributed by atoms with Crippen LogP contribution in [0.2, 0.25) is 0 Å². The second-order valence-electron chi connectivity index (χ2n) is 7.75. The van der Waals surface area contributed by atoms with Gasteiger partial charge in [0.05, 0.1) is 6.42 Å². The molecule has 0 heterocycles. The van der Waals surface area contributed by atoms with E-state index < -0.39 is 11.9 Å². The van der Waals surface area contributed by atoms with Gasteiger partial charge in [-0.2, -0.15) is 0 Å². The summed E-state index contributed by atoms with van der Waals surface area (Å²) in [5, 5.41) is 2.72. The van der Waals surface area contributed by atoms with Crippen LogP contribution in [0.3, 0.4) is 0 Å². The van der Waals surface area contributed by atoms with Gasteiger partial charge in [0.15, 0.2) is 6.61 Å². The maximum atomic E-state index is 12.1. The van der Waals surface area contributed by atoms with Crippen molar-refractivity contribution in [3.05, 3.63) is 120 Å². The van der Waals surface area contributed by atoms with E-state index in [2.05, 4.69) is 5.32 Å². The summed E-state index contributed by atoms with van der Waals surface area (Å²) in [5.74, 6) is -0.149. The van der Waals surface area contributed by atoms with Crippen molar-refractivity contribution in [3.63, 3.8) is 0 Å². The van der Waals surface area contributed by atoms with Crippen LogP contribution in [0.15, 0.2) is 109 Å². The molecule has 170 valence electrons. The van der Waals surface area contributed by atoms with Gasteiger partial charge in [0.2, 0.25) is 0 Å². The Balaban J connectivity index is 1.19. The molecule has 0 saturated carbocycles. The first-order chi connectivity index (χ1) is 16.7. The zero-order valence-electron chi connectivity index (χ0n) is 18.6. The number of carbonyl (C=O) groups excluding carboxylic acids is 2. The molecule has 0 fully saturated rings. The summed E-state index contributed by atoms with van der Waals surface area (Å²) in [6.07, 6.45) is 0.107. The lowest BCUT2D eigenvalue weighted by molar-refractivity contribution is -0.146. The SMILES string of the molecule is O=C(COC(=O)Cc1ccc(-c2ccccc2)cc1)Nc1ccc(OCc2ccccc2)cc1. The van der Waals surface area contributed by atoms with Gasteiger partial charge in [-0.05, 0) is 46.5 Å². The van der Waals surface area contributed by atoms with Crippen molar-refractivity contribution in [1.82, 2.24) is 0 Å². The Morgan fingerprint density at radius 1 is 0.647 bits per heavy atom. The van der Waals surface area contributed by atoms with Crippen molar-refractivity contribution < 1.29 is 19.1 Å². The zero-order chi connectivity index (χ0) is 23.6. The molecule has 4 rings (SSSR count). The molecule has 0 aromatic heterocycles. The summed E-state index contributed by atoms with van der Waals surface area (Å²) in [5.41, 5.74) is 4.70. The van der Waals surface area contributed by atoms with Gasteiger partial charge in [0.1, 0.15) is 12.4 Å². The van der Waals surface area contributed by atoms with E-state index in [-0.39, 0.29) is 13.0 Å². The molecule has 5 nitrogen and oxygen atoms in total. The van der Waals surface area contributed by atoms with E-state index >= 15 is 0 Å². The molecule has 0 aliphatic rings. The van der Waals surface area contributed by atoms with E-state index in [1.165, 1.54) is 0 Å². The molecule has 0 atom stereocenters. The van der Waals surface area contributed by atoms with E-state index in [4.69, 9.17) is 9.47 Å². The molecule has 0 unspecified atom stereocenters. The Morgan fingerprint density at radius 2 is 1.26 bits per heavy atom. The summed E-state index contributed by atoms with van der Waals surface area (Å²) in [6, 6.07) is 34.7. The first-order valence-electron chi connectivity index (χ1n) is 11.0. The molecule has 5 heteroatoms. The molecule has 1 amide bonds. The molecule has 4 aromatic carbocycles. The van der Waals surface area contributed by atoms with Crippen LogP contribution in [-0.4, -0.2) is 18.5 Å². The summed E-state index contributed by atoms with van der Waals surface area (Å²) >= 11 is 0. The van der Waals surface area contributed by atoms with Crippen LogP contribution in [0.25, 0.3) is 11.1 Å². The minimum atomic E-state index is -0.452. The minimum Gasteiger partial charge on any atom is -0.489 e. The van der Waals surface area contributed by atoms with Crippen LogP contribution in [-0.2, 0) is 27.4 Å². The largest absolute Gasteiger partial charge is 0.489 e. The molecule has 0 spiro atoms. The average Bonchev–Trinajstić information content (AvgIpc) is 2.89. The Hall–Kier alpha value is -4.38. The van der Waals surface area contributed by atoms with Crippen molar-refractivity contribution in [1.29, 1.82) is 0 Å². The average molecular weight is 452 g/mol. The number of anilines is 1. The number of hydrogen-bond acceptors (Lipinski definition) is 4. The van der Waals surface area contributed by atoms with E-state index in [9.17, 15) is 9.59 Å².